The molecule has 4 atom stereocenters. The van der Waals surface area contributed by atoms with Crippen LogP contribution in [0.15, 0.2) is 0 Å². The normalized spacial score (nSPS) is 54.5. The van der Waals surface area contributed by atoms with Gasteiger partial charge in [0.05, 0.1) is 13.2 Å². The van der Waals surface area contributed by atoms with Crippen molar-refractivity contribution in [3.63, 3.8) is 0 Å². The molecule has 3 rings (SSSR count). The maximum absolute atomic E-state index is 5.57. The van der Waals surface area contributed by atoms with E-state index in [1.54, 1.807) is 0 Å². The zero-order valence-electron chi connectivity index (χ0n) is 6.66. The average molecular weight is 154 g/mol. The van der Waals surface area contributed by atoms with Gasteiger partial charge in [0.15, 0.2) is 6.29 Å². The van der Waals surface area contributed by atoms with Crippen LogP contribution in [-0.4, -0.2) is 19.5 Å². The van der Waals surface area contributed by atoms with Crippen molar-refractivity contribution in [1.82, 2.24) is 0 Å². The van der Waals surface area contributed by atoms with Crippen LogP contribution in [0.3, 0.4) is 0 Å². The SMILES string of the molecule is C1C[C@@H]2CC[C@@H]3CO[C@H](O1)[C@H]23. The summed E-state index contributed by atoms with van der Waals surface area (Å²) in [5, 5.41) is 0. The van der Waals surface area contributed by atoms with Crippen LogP contribution in [-0.2, 0) is 9.47 Å². The summed E-state index contributed by atoms with van der Waals surface area (Å²) in [4.78, 5) is 0. The summed E-state index contributed by atoms with van der Waals surface area (Å²) in [5.74, 6) is 2.54. The number of ether oxygens (including phenoxy) is 2. The lowest BCUT2D eigenvalue weighted by Crippen LogP contribution is -2.32. The molecule has 0 aromatic rings. The van der Waals surface area contributed by atoms with E-state index in [0.29, 0.717) is 0 Å². The van der Waals surface area contributed by atoms with Crippen LogP contribution in [0, 0.1) is 17.8 Å². The first-order chi connectivity index (χ1) is 5.45. The highest BCUT2D eigenvalue weighted by Crippen LogP contribution is 2.48. The summed E-state index contributed by atoms with van der Waals surface area (Å²) in [7, 11) is 0. The highest BCUT2D eigenvalue weighted by molar-refractivity contribution is 4.92. The molecule has 0 unspecified atom stereocenters. The maximum Gasteiger partial charge on any atom is 0.160 e. The fourth-order valence-corrected chi connectivity index (χ4v) is 3.00. The molecular weight excluding hydrogens is 140 g/mol. The fraction of sp³-hybridized carbons (Fsp3) is 1.00. The Morgan fingerprint density at radius 1 is 0.909 bits per heavy atom. The third-order valence-electron chi connectivity index (χ3n) is 3.56. The Morgan fingerprint density at radius 2 is 1.82 bits per heavy atom. The summed E-state index contributed by atoms with van der Waals surface area (Å²) in [6.45, 7) is 1.89. The van der Waals surface area contributed by atoms with Gasteiger partial charge in [-0.25, -0.2) is 0 Å². The predicted molar refractivity (Wildman–Crippen MR) is 40.0 cm³/mol. The van der Waals surface area contributed by atoms with Gasteiger partial charge < -0.3 is 9.47 Å². The summed E-state index contributed by atoms with van der Waals surface area (Å²) in [6, 6.07) is 0. The van der Waals surface area contributed by atoms with E-state index >= 15 is 0 Å². The van der Waals surface area contributed by atoms with Crippen LogP contribution in [0.5, 0.6) is 0 Å². The van der Waals surface area contributed by atoms with E-state index in [2.05, 4.69) is 0 Å². The molecule has 2 heteroatoms. The summed E-state index contributed by atoms with van der Waals surface area (Å²) < 4.78 is 11.1. The number of hydrogen-bond acceptors (Lipinski definition) is 2. The summed E-state index contributed by atoms with van der Waals surface area (Å²) in [5.41, 5.74) is 0. The van der Waals surface area contributed by atoms with Crippen molar-refractivity contribution in [2.24, 2.45) is 17.8 Å². The van der Waals surface area contributed by atoms with Crippen LogP contribution in [0.2, 0.25) is 0 Å². The summed E-state index contributed by atoms with van der Waals surface area (Å²) in [6.07, 6.45) is 4.27. The lowest BCUT2D eigenvalue weighted by molar-refractivity contribution is -0.164. The van der Waals surface area contributed by atoms with Gasteiger partial charge in [-0.2, -0.15) is 0 Å². The van der Waals surface area contributed by atoms with E-state index < -0.39 is 0 Å². The van der Waals surface area contributed by atoms with Gasteiger partial charge in [0, 0.05) is 5.92 Å². The Balaban J connectivity index is 1.88. The van der Waals surface area contributed by atoms with Gasteiger partial charge in [0.2, 0.25) is 0 Å². The molecule has 3 aliphatic rings. The first-order valence-electron chi connectivity index (χ1n) is 4.68. The molecule has 2 aliphatic heterocycles. The molecule has 0 spiro atoms. The molecule has 1 saturated carbocycles. The van der Waals surface area contributed by atoms with Crippen molar-refractivity contribution in [3.05, 3.63) is 0 Å². The molecule has 0 N–H and O–H groups in total. The van der Waals surface area contributed by atoms with E-state index in [9.17, 15) is 0 Å². The van der Waals surface area contributed by atoms with Crippen molar-refractivity contribution < 1.29 is 9.47 Å². The standard InChI is InChI=1S/C9H14O2/c1-2-7-5-11-9-8(7)6(1)3-4-10-9/h6-9H,1-5H2/t6-,7+,8+,9-/m0/s1. The van der Waals surface area contributed by atoms with Gasteiger partial charge in [0.1, 0.15) is 0 Å². The monoisotopic (exact) mass is 154 g/mol. The van der Waals surface area contributed by atoms with Crippen molar-refractivity contribution in [1.29, 1.82) is 0 Å². The van der Waals surface area contributed by atoms with E-state index in [1.807, 2.05) is 0 Å². The molecule has 2 saturated heterocycles. The molecule has 0 aromatic heterocycles. The lowest BCUT2D eigenvalue weighted by atomic mass is 9.87. The second kappa shape index (κ2) is 2.20. The van der Waals surface area contributed by atoms with E-state index in [-0.39, 0.29) is 6.29 Å². The van der Waals surface area contributed by atoms with E-state index in [1.165, 1.54) is 19.3 Å². The van der Waals surface area contributed by atoms with Gasteiger partial charge in [-0.3, -0.25) is 0 Å². The van der Waals surface area contributed by atoms with Gasteiger partial charge in [-0.05, 0) is 31.1 Å². The Bertz CT molecular complexity index is 149. The van der Waals surface area contributed by atoms with Gasteiger partial charge in [0.25, 0.3) is 0 Å². The number of rotatable bonds is 0. The van der Waals surface area contributed by atoms with Crippen molar-refractivity contribution >= 4 is 0 Å². The van der Waals surface area contributed by atoms with Gasteiger partial charge in [-0.1, -0.05) is 0 Å². The molecule has 0 bridgehead atoms. The minimum atomic E-state index is 0.182. The molecular formula is C9H14O2. The molecule has 62 valence electrons. The molecule has 0 radical (unpaired) electrons. The zero-order valence-corrected chi connectivity index (χ0v) is 6.66. The second-order valence-electron chi connectivity index (χ2n) is 4.04. The van der Waals surface area contributed by atoms with Crippen LogP contribution < -0.4 is 0 Å². The highest BCUT2D eigenvalue weighted by Gasteiger charge is 2.48. The smallest absolute Gasteiger partial charge is 0.160 e. The Morgan fingerprint density at radius 3 is 2.82 bits per heavy atom. The summed E-state index contributed by atoms with van der Waals surface area (Å²) >= 11 is 0. The quantitative estimate of drug-likeness (QED) is 0.525. The molecule has 0 aromatic carbocycles. The topological polar surface area (TPSA) is 18.5 Å². The van der Waals surface area contributed by atoms with E-state index in [4.69, 9.17) is 9.47 Å². The highest BCUT2D eigenvalue weighted by atomic mass is 16.7. The minimum Gasteiger partial charge on any atom is -0.352 e. The third kappa shape index (κ3) is 0.798. The first kappa shape index (κ1) is 6.44. The van der Waals surface area contributed by atoms with Crippen molar-refractivity contribution in [3.8, 4) is 0 Å². The molecule has 2 nitrogen and oxygen atoms in total. The van der Waals surface area contributed by atoms with Gasteiger partial charge >= 0.3 is 0 Å². The van der Waals surface area contributed by atoms with Crippen LogP contribution >= 0.6 is 0 Å². The van der Waals surface area contributed by atoms with E-state index in [0.717, 1.165) is 31.0 Å². The zero-order chi connectivity index (χ0) is 7.26. The van der Waals surface area contributed by atoms with Crippen LogP contribution in [0.4, 0.5) is 0 Å². The van der Waals surface area contributed by atoms with Crippen LogP contribution in [0.1, 0.15) is 19.3 Å². The molecule has 0 amide bonds. The third-order valence-corrected chi connectivity index (χ3v) is 3.56. The maximum atomic E-state index is 5.57. The predicted octanol–water partition coefficient (Wildman–Crippen LogP) is 1.41. The first-order valence-corrected chi connectivity index (χ1v) is 4.68. The Kier molecular flexibility index (Phi) is 1.29. The minimum absolute atomic E-state index is 0.182. The second-order valence-corrected chi connectivity index (χ2v) is 4.04. The number of hydrogen-bond donors (Lipinski definition) is 0. The van der Waals surface area contributed by atoms with Crippen LogP contribution in [0.25, 0.3) is 0 Å². The molecule has 2 heterocycles. The van der Waals surface area contributed by atoms with Crippen molar-refractivity contribution in [2.75, 3.05) is 13.2 Å². The Labute approximate surface area is 66.9 Å². The largest absolute Gasteiger partial charge is 0.352 e. The lowest BCUT2D eigenvalue weighted by Gasteiger charge is -2.29. The Hall–Kier alpha value is -0.0800. The van der Waals surface area contributed by atoms with Crippen molar-refractivity contribution in [2.45, 2.75) is 25.6 Å². The fourth-order valence-electron chi connectivity index (χ4n) is 3.00. The molecule has 3 fully saturated rings. The van der Waals surface area contributed by atoms with Gasteiger partial charge in [-0.15, -0.1) is 0 Å². The average Bonchev–Trinajstić information content (AvgIpc) is 2.60. The molecule has 1 aliphatic carbocycles. The molecule has 11 heavy (non-hydrogen) atoms.